The van der Waals surface area contributed by atoms with E-state index in [0.29, 0.717) is 12.1 Å². The van der Waals surface area contributed by atoms with Gasteiger partial charge in [-0.2, -0.15) is 0 Å². The van der Waals surface area contributed by atoms with E-state index < -0.39 is 0 Å². The van der Waals surface area contributed by atoms with Gasteiger partial charge in [0.25, 0.3) is 0 Å². The zero-order valence-electron chi connectivity index (χ0n) is 10.8. The van der Waals surface area contributed by atoms with Gasteiger partial charge in [-0.15, -0.1) is 0 Å². The van der Waals surface area contributed by atoms with Crippen LogP contribution in [0.15, 0.2) is 24.3 Å². The number of hydrogen-bond acceptors (Lipinski definition) is 3. The molecule has 0 unspecified atom stereocenters. The molecule has 0 spiro atoms. The third-order valence-corrected chi connectivity index (χ3v) is 3.21. The van der Waals surface area contributed by atoms with E-state index in [1.807, 2.05) is 0 Å². The highest BCUT2D eigenvalue weighted by Crippen LogP contribution is 2.23. The Hall–Kier alpha value is -1.22. The van der Waals surface area contributed by atoms with Crippen molar-refractivity contribution in [2.45, 2.75) is 38.8 Å². The second-order valence-electron chi connectivity index (χ2n) is 5.17. The number of benzene rings is 1. The molecule has 1 aromatic rings. The first-order valence-electron chi connectivity index (χ1n) is 6.52. The van der Waals surface area contributed by atoms with E-state index in [1.165, 1.54) is 11.4 Å². The molecular weight excluding hydrogens is 210 g/mol. The molecule has 0 atom stereocenters. The molecule has 3 heteroatoms. The standard InChI is InChI=1S/C14H23N3/c1-11(2)16-13-4-3-5-14(10-13)17-8-6-12(15)7-9-17/h3-5,10-12,16H,6-9,15H2,1-2H3. The first-order valence-corrected chi connectivity index (χ1v) is 6.52. The first-order chi connectivity index (χ1) is 8.15. The number of hydrogen-bond donors (Lipinski definition) is 2. The van der Waals surface area contributed by atoms with Crippen molar-refractivity contribution >= 4 is 11.4 Å². The molecule has 1 fully saturated rings. The molecule has 1 heterocycles. The lowest BCUT2D eigenvalue weighted by molar-refractivity contribution is 0.501. The number of nitrogens with zero attached hydrogens (tertiary/aromatic N) is 1. The number of nitrogens with two attached hydrogens (primary N) is 1. The molecule has 3 nitrogen and oxygen atoms in total. The maximum atomic E-state index is 5.93. The van der Waals surface area contributed by atoms with Gasteiger partial charge >= 0.3 is 0 Å². The topological polar surface area (TPSA) is 41.3 Å². The van der Waals surface area contributed by atoms with Crippen LogP contribution in [-0.2, 0) is 0 Å². The summed E-state index contributed by atoms with van der Waals surface area (Å²) in [5.41, 5.74) is 8.44. The molecule has 2 rings (SSSR count). The monoisotopic (exact) mass is 233 g/mol. The highest BCUT2D eigenvalue weighted by molar-refractivity contribution is 5.58. The normalized spacial score (nSPS) is 17.5. The number of rotatable bonds is 3. The predicted octanol–water partition coefficient (Wildman–Crippen LogP) is 2.43. The van der Waals surface area contributed by atoms with Gasteiger partial charge < -0.3 is 16.0 Å². The summed E-state index contributed by atoms with van der Waals surface area (Å²) < 4.78 is 0. The molecule has 3 N–H and O–H groups in total. The Kier molecular flexibility index (Phi) is 3.89. The number of anilines is 2. The molecule has 0 bridgehead atoms. The van der Waals surface area contributed by atoms with Crippen LogP contribution in [0.2, 0.25) is 0 Å². The zero-order valence-corrected chi connectivity index (χ0v) is 10.8. The lowest BCUT2D eigenvalue weighted by Crippen LogP contribution is -2.39. The molecule has 94 valence electrons. The molecule has 0 saturated carbocycles. The minimum Gasteiger partial charge on any atom is -0.383 e. The predicted molar refractivity (Wildman–Crippen MR) is 74.6 cm³/mol. The highest BCUT2D eigenvalue weighted by Gasteiger charge is 2.16. The fourth-order valence-corrected chi connectivity index (χ4v) is 2.28. The van der Waals surface area contributed by atoms with E-state index >= 15 is 0 Å². The van der Waals surface area contributed by atoms with Gasteiger partial charge in [0.15, 0.2) is 0 Å². The van der Waals surface area contributed by atoms with Crippen LogP contribution >= 0.6 is 0 Å². The molecule has 1 aliphatic heterocycles. The van der Waals surface area contributed by atoms with Crippen LogP contribution in [0.5, 0.6) is 0 Å². The summed E-state index contributed by atoms with van der Waals surface area (Å²) in [5.74, 6) is 0. The summed E-state index contributed by atoms with van der Waals surface area (Å²) in [5, 5.41) is 3.44. The van der Waals surface area contributed by atoms with E-state index in [4.69, 9.17) is 5.73 Å². The molecule has 0 amide bonds. The van der Waals surface area contributed by atoms with E-state index in [-0.39, 0.29) is 0 Å². The molecule has 0 radical (unpaired) electrons. The van der Waals surface area contributed by atoms with Gasteiger partial charge in [-0.05, 0) is 44.9 Å². The molecule has 1 aromatic carbocycles. The Bertz CT molecular complexity index is 354. The Labute approximate surface area is 104 Å². The molecule has 0 aliphatic carbocycles. The molecule has 0 aromatic heterocycles. The van der Waals surface area contributed by atoms with E-state index in [9.17, 15) is 0 Å². The molecular formula is C14H23N3. The first kappa shape index (κ1) is 12.2. The van der Waals surface area contributed by atoms with Crippen molar-refractivity contribution in [3.63, 3.8) is 0 Å². The lowest BCUT2D eigenvalue weighted by atomic mass is 10.1. The Morgan fingerprint density at radius 2 is 2.00 bits per heavy atom. The van der Waals surface area contributed by atoms with Gasteiger partial charge in [0, 0.05) is 36.5 Å². The number of nitrogens with one attached hydrogen (secondary N) is 1. The van der Waals surface area contributed by atoms with Crippen LogP contribution in [0.3, 0.4) is 0 Å². The van der Waals surface area contributed by atoms with Gasteiger partial charge in [-0.25, -0.2) is 0 Å². The molecule has 1 saturated heterocycles. The fraction of sp³-hybridized carbons (Fsp3) is 0.571. The molecule has 17 heavy (non-hydrogen) atoms. The van der Waals surface area contributed by atoms with Crippen molar-refractivity contribution in [2.75, 3.05) is 23.3 Å². The maximum absolute atomic E-state index is 5.93. The van der Waals surface area contributed by atoms with Crippen molar-refractivity contribution in [1.29, 1.82) is 0 Å². The minimum absolute atomic E-state index is 0.392. The van der Waals surface area contributed by atoms with Gasteiger partial charge in [-0.1, -0.05) is 6.07 Å². The zero-order chi connectivity index (χ0) is 12.3. The van der Waals surface area contributed by atoms with E-state index in [1.54, 1.807) is 0 Å². The van der Waals surface area contributed by atoms with Crippen LogP contribution in [0.25, 0.3) is 0 Å². The van der Waals surface area contributed by atoms with Crippen LogP contribution < -0.4 is 16.0 Å². The van der Waals surface area contributed by atoms with Gasteiger partial charge in [0.1, 0.15) is 0 Å². The summed E-state index contributed by atoms with van der Waals surface area (Å²) in [4.78, 5) is 2.43. The smallest absolute Gasteiger partial charge is 0.0386 e. The summed E-state index contributed by atoms with van der Waals surface area (Å²) in [6.07, 6.45) is 2.20. The van der Waals surface area contributed by atoms with Crippen molar-refractivity contribution in [3.8, 4) is 0 Å². The summed E-state index contributed by atoms with van der Waals surface area (Å²) in [6.45, 7) is 6.47. The van der Waals surface area contributed by atoms with Crippen LogP contribution in [0.1, 0.15) is 26.7 Å². The van der Waals surface area contributed by atoms with Crippen molar-refractivity contribution < 1.29 is 0 Å². The lowest BCUT2D eigenvalue weighted by Gasteiger charge is -2.32. The highest BCUT2D eigenvalue weighted by atomic mass is 15.1. The quantitative estimate of drug-likeness (QED) is 0.842. The average Bonchev–Trinajstić information content (AvgIpc) is 2.29. The maximum Gasteiger partial charge on any atom is 0.0386 e. The van der Waals surface area contributed by atoms with Crippen molar-refractivity contribution in [2.24, 2.45) is 5.73 Å². The fourth-order valence-electron chi connectivity index (χ4n) is 2.28. The summed E-state index contributed by atoms with van der Waals surface area (Å²) in [7, 11) is 0. The Balaban J connectivity index is 2.05. The summed E-state index contributed by atoms with van der Waals surface area (Å²) >= 11 is 0. The molecule has 1 aliphatic rings. The van der Waals surface area contributed by atoms with Gasteiger partial charge in [0.2, 0.25) is 0 Å². The second-order valence-corrected chi connectivity index (χ2v) is 5.17. The Morgan fingerprint density at radius 1 is 1.29 bits per heavy atom. The van der Waals surface area contributed by atoms with Crippen molar-refractivity contribution in [1.82, 2.24) is 0 Å². The van der Waals surface area contributed by atoms with Gasteiger partial charge in [-0.3, -0.25) is 0 Å². The SMILES string of the molecule is CC(C)Nc1cccc(N2CCC(N)CC2)c1. The summed E-state index contributed by atoms with van der Waals surface area (Å²) in [6, 6.07) is 9.52. The minimum atomic E-state index is 0.392. The van der Waals surface area contributed by atoms with E-state index in [0.717, 1.165) is 25.9 Å². The van der Waals surface area contributed by atoms with Crippen LogP contribution in [-0.4, -0.2) is 25.2 Å². The van der Waals surface area contributed by atoms with Gasteiger partial charge in [0.05, 0.1) is 0 Å². The third kappa shape index (κ3) is 3.37. The van der Waals surface area contributed by atoms with Crippen molar-refractivity contribution in [3.05, 3.63) is 24.3 Å². The Morgan fingerprint density at radius 3 is 2.65 bits per heavy atom. The van der Waals surface area contributed by atoms with E-state index in [2.05, 4.69) is 48.3 Å². The number of piperidine rings is 1. The third-order valence-electron chi connectivity index (χ3n) is 3.21. The second kappa shape index (κ2) is 5.41. The van der Waals surface area contributed by atoms with Crippen LogP contribution in [0, 0.1) is 0 Å². The average molecular weight is 233 g/mol. The van der Waals surface area contributed by atoms with Crippen LogP contribution in [0.4, 0.5) is 11.4 Å². The largest absolute Gasteiger partial charge is 0.383 e.